The maximum absolute atomic E-state index is 13.9. The number of halogens is 2. The first-order valence-corrected chi connectivity index (χ1v) is 14.9. The molecule has 0 bridgehead atoms. The zero-order valence-corrected chi connectivity index (χ0v) is 25.5. The highest BCUT2D eigenvalue weighted by molar-refractivity contribution is 14.1. The fourth-order valence-corrected chi connectivity index (χ4v) is 6.03. The Kier molecular flexibility index (Phi) is 11.6. The maximum atomic E-state index is 13.9. The van der Waals surface area contributed by atoms with Crippen LogP contribution in [0.25, 0.3) is 0 Å². The number of nitrogens with zero attached hydrogens (tertiary/aromatic N) is 1. The molecule has 0 spiro atoms. The van der Waals surface area contributed by atoms with Gasteiger partial charge in [-0.15, -0.1) is 0 Å². The molecule has 12 heteroatoms. The van der Waals surface area contributed by atoms with E-state index in [1.165, 1.54) is 30.2 Å². The summed E-state index contributed by atoms with van der Waals surface area (Å²) in [6.07, 6.45) is 0.116. The van der Waals surface area contributed by atoms with Crippen LogP contribution in [0.4, 0.5) is 4.39 Å². The number of hydrogen-bond acceptors (Lipinski definition) is 8. The number of nitrogens with one attached hydrogen (secondary N) is 1. The Morgan fingerprint density at radius 1 is 1.21 bits per heavy atom. The van der Waals surface area contributed by atoms with Crippen LogP contribution in [-0.2, 0) is 27.4 Å². The van der Waals surface area contributed by atoms with Crippen LogP contribution in [0.5, 0.6) is 11.5 Å². The Morgan fingerprint density at radius 2 is 2.02 bits per heavy atom. The van der Waals surface area contributed by atoms with E-state index in [0.717, 1.165) is 6.42 Å². The van der Waals surface area contributed by atoms with Crippen LogP contribution >= 0.6 is 22.6 Å². The van der Waals surface area contributed by atoms with Crippen molar-refractivity contribution in [3.8, 4) is 11.5 Å². The molecule has 1 saturated heterocycles. The average Bonchev–Trinajstić information content (AvgIpc) is 3.53. The largest absolute Gasteiger partial charge is 0.493 e. The molecule has 2 amide bonds. The van der Waals surface area contributed by atoms with E-state index in [0.29, 0.717) is 45.6 Å². The number of carbonyl (C=O) groups is 2. The van der Waals surface area contributed by atoms with Crippen LogP contribution in [0, 0.1) is 9.39 Å². The molecule has 228 valence electrons. The van der Waals surface area contributed by atoms with Crippen LogP contribution in [0.3, 0.4) is 0 Å². The molecule has 42 heavy (non-hydrogen) atoms. The molecule has 0 radical (unpaired) electrons. The fourth-order valence-electron chi connectivity index (χ4n) is 5.23. The molecule has 4 rings (SSSR count). The first kappa shape index (κ1) is 32.1. The molecule has 4 unspecified atom stereocenters. The highest BCUT2D eigenvalue weighted by Crippen LogP contribution is 2.37. The highest BCUT2D eigenvalue weighted by atomic mass is 127. The van der Waals surface area contributed by atoms with Crippen LogP contribution in [0.2, 0.25) is 0 Å². The second-order valence-corrected chi connectivity index (χ2v) is 11.4. The molecule has 1 aliphatic carbocycles. The quantitative estimate of drug-likeness (QED) is 0.248. The maximum Gasteiger partial charge on any atom is 0.252 e. The predicted octanol–water partition coefficient (Wildman–Crippen LogP) is 2.10. The van der Waals surface area contributed by atoms with Crippen molar-refractivity contribution in [2.24, 2.45) is 0 Å². The average molecular weight is 699 g/mol. The summed E-state index contributed by atoms with van der Waals surface area (Å²) in [5.41, 5.74) is 1.56. The third-order valence-electron chi connectivity index (χ3n) is 7.36. The van der Waals surface area contributed by atoms with Crippen molar-refractivity contribution >= 4 is 34.4 Å². The third-order valence-corrected chi connectivity index (χ3v) is 8.16. The molecule has 4 atom stereocenters. The van der Waals surface area contributed by atoms with Crippen LogP contribution < -0.4 is 14.8 Å². The summed E-state index contributed by atoms with van der Waals surface area (Å²) in [5.74, 6) is -0.525. The molecule has 2 aromatic carbocycles. The Labute approximate surface area is 257 Å². The third kappa shape index (κ3) is 7.78. The van der Waals surface area contributed by atoms with E-state index >= 15 is 0 Å². The van der Waals surface area contributed by atoms with Gasteiger partial charge in [0.15, 0.2) is 11.5 Å². The lowest BCUT2D eigenvalue weighted by atomic mass is 9.87. The summed E-state index contributed by atoms with van der Waals surface area (Å²) in [5, 5.41) is 33.2. The van der Waals surface area contributed by atoms with Crippen molar-refractivity contribution in [2.45, 2.75) is 56.6 Å². The Hall–Kier alpha value is -2.78. The first-order valence-electron chi connectivity index (χ1n) is 13.8. The molecule has 10 nitrogen and oxygen atoms in total. The lowest BCUT2D eigenvalue weighted by molar-refractivity contribution is -0.148. The summed E-state index contributed by atoms with van der Waals surface area (Å²) in [6.45, 7) is 0.162. The van der Waals surface area contributed by atoms with Gasteiger partial charge in [-0.05, 0) is 83.3 Å². The van der Waals surface area contributed by atoms with Gasteiger partial charge in [-0.3, -0.25) is 9.59 Å². The van der Waals surface area contributed by atoms with E-state index in [1.54, 1.807) is 24.3 Å². The molecule has 1 aliphatic heterocycles. The second-order valence-electron chi connectivity index (χ2n) is 10.2. The lowest BCUT2D eigenvalue weighted by Crippen LogP contribution is -2.57. The Bertz CT molecular complexity index is 1290. The van der Waals surface area contributed by atoms with E-state index in [-0.39, 0.29) is 44.2 Å². The second kappa shape index (κ2) is 15.1. The number of rotatable bonds is 12. The number of benzene rings is 2. The van der Waals surface area contributed by atoms with Crippen LogP contribution in [0.15, 0.2) is 48.0 Å². The summed E-state index contributed by atoms with van der Waals surface area (Å²) in [6, 6.07) is 8.57. The van der Waals surface area contributed by atoms with E-state index in [1.807, 2.05) is 22.6 Å². The number of ether oxygens (including phenoxy) is 3. The minimum absolute atomic E-state index is 0.0254. The van der Waals surface area contributed by atoms with Crippen LogP contribution in [-0.4, -0.2) is 89.8 Å². The topological polar surface area (TPSA) is 138 Å². The highest BCUT2D eigenvalue weighted by Gasteiger charge is 2.42. The van der Waals surface area contributed by atoms with Gasteiger partial charge in [-0.25, -0.2) is 4.39 Å². The predicted molar refractivity (Wildman–Crippen MR) is 159 cm³/mol. The minimum Gasteiger partial charge on any atom is -0.493 e. The van der Waals surface area contributed by atoms with Crippen molar-refractivity contribution in [1.29, 1.82) is 0 Å². The Balaban J connectivity index is 1.69. The molecule has 1 fully saturated rings. The van der Waals surface area contributed by atoms with Crippen molar-refractivity contribution < 1.29 is 43.5 Å². The normalized spacial score (nSPS) is 21.9. The van der Waals surface area contributed by atoms with E-state index < -0.39 is 36.1 Å². The molecular formula is C30H36FIN2O8. The summed E-state index contributed by atoms with van der Waals surface area (Å²) >= 11 is 2.04. The molecule has 0 saturated carbocycles. The fraction of sp³-hybridized carbons (Fsp3) is 0.467. The van der Waals surface area contributed by atoms with Gasteiger partial charge in [0.2, 0.25) is 5.91 Å². The molecular weight excluding hydrogens is 662 g/mol. The molecule has 2 aliphatic rings. The van der Waals surface area contributed by atoms with Crippen molar-refractivity contribution in [3.63, 3.8) is 0 Å². The van der Waals surface area contributed by atoms with Gasteiger partial charge in [0, 0.05) is 31.7 Å². The van der Waals surface area contributed by atoms with Gasteiger partial charge in [0.05, 0.1) is 29.9 Å². The van der Waals surface area contributed by atoms with Crippen molar-refractivity contribution in [2.75, 3.05) is 33.4 Å². The monoisotopic (exact) mass is 698 g/mol. The van der Waals surface area contributed by atoms with Crippen LogP contribution in [0.1, 0.15) is 30.4 Å². The summed E-state index contributed by atoms with van der Waals surface area (Å²) < 4.78 is 32.0. The number of carbonyl (C=O) groups excluding carboxylic acids is 2. The first-order chi connectivity index (χ1) is 20.2. The molecule has 2 aromatic rings. The van der Waals surface area contributed by atoms with E-state index in [9.17, 15) is 29.3 Å². The zero-order valence-electron chi connectivity index (χ0n) is 23.3. The standard InChI is InChI=1S/C30H36FIN2O8/c1-40-26-14-19(17-36)13-22(32)28(26)42-25-16-20(29(38)33-8-10-35)15-23(27(25)37)34(30(39)24-6-3-11-41-24)9-7-18-4-2-5-21(31)12-18/h2,4-5,12-14,16,23-25,27,35-37H,3,6-11,15,17H2,1H3,(H,33,38). The zero-order chi connectivity index (χ0) is 30.2. The van der Waals surface area contributed by atoms with E-state index in [4.69, 9.17) is 14.2 Å². The Morgan fingerprint density at radius 3 is 2.69 bits per heavy atom. The lowest BCUT2D eigenvalue weighted by Gasteiger charge is -2.41. The van der Waals surface area contributed by atoms with Gasteiger partial charge in [-0.2, -0.15) is 0 Å². The van der Waals surface area contributed by atoms with Crippen molar-refractivity contribution in [1.82, 2.24) is 10.2 Å². The van der Waals surface area contributed by atoms with Gasteiger partial charge in [0.25, 0.3) is 5.91 Å². The number of hydrogen-bond donors (Lipinski definition) is 4. The summed E-state index contributed by atoms with van der Waals surface area (Å²) in [7, 11) is 1.46. The SMILES string of the molecule is COc1cc(CO)cc(I)c1OC1C=C(C(=O)NCCO)CC(N(CCc2cccc(F)c2)C(=O)C2CCCO2)C1O. The van der Waals surface area contributed by atoms with E-state index in [2.05, 4.69) is 5.32 Å². The van der Waals surface area contributed by atoms with Gasteiger partial charge < -0.3 is 39.7 Å². The molecule has 1 heterocycles. The van der Waals surface area contributed by atoms with Gasteiger partial charge >= 0.3 is 0 Å². The smallest absolute Gasteiger partial charge is 0.252 e. The number of amides is 2. The van der Waals surface area contributed by atoms with Gasteiger partial charge in [0.1, 0.15) is 24.1 Å². The number of methoxy groups -OCH3 is 1. The minimum atomic E-state index is -1.25. The van der Waals surface area contributed by atoms with Crippen molar-refractivity contribution in [3.05, 3.63) is 68.6 Å². The summed E-state index contributed by atoms with van der Waals surface area (Å²) in [4.78, 5) is 28.4. The number of aliphatic hydroxyl groups excluding tert-OH is 3. The number of aliphatic hydroxyl groups is 3. The molecule has 0 aromatic heterocycles. The molecule has 4 N–H and O–H groups in total. The van der Waals surface area contributed by atoms with Gasteiger partial charge in [-0.1, -0.05) is 12.1 Å².